The average molecular weight is 211 g/mol. The van der Waals surface area contributed by atoms with E-state index < -0.39 is 5.97 Å². The molecule has 84 valence electrons. The first-order chi connectivity index (χ1) is 7.01. The molecule has 0 aliphatic heterocycles. The number of aliphatic carboxylic acids is 1. The third-order valence-corrected chi connectivity index (χ3v) is 2.06. The van der Waals surface area contributed by atoms with Gasteiger partial charge in [0.25, 0.3) is 0 Å². The summed E-state index contributed by atoms with van der Waals surface area (Å²) in [6.45, 7) is 4.44. The van der Waals surface area contributed by atoms with Crippen molar-refractivity contribution in [2.45, 2.75) is 26.7 Å². The Bertz CT molecular complexity index is 267. The van der Waals surface area contributed by atoms with Crippen LogP contribution in [-0.2, 0) is 9.59 Å². The Kier molecular flexibility index (Phi) is 6.19. The van der Waals surface area contributed by atoms with Gasteiger partial charge < -0.3 is 10.0 Å². The number of amides is 1. The molecule has 0 aromatic carbocycles. The van der Waals surface area contributed by atoms with E-state index in [-0.39, 0.29) is 31.2 Å². The van der Waals surface area contributed by atoms with Crippen molar-refractivity contribution < 1.29 is 14.7 Å². The Hall–Kier alpha value is -1.50. The Labute approximate surface area is 90.3 Å². The molecular formula is C11H17NO3. The molecule has 0 radical (unpaired) electrons. The standard InChI is InChI=1S/C11H17NO3/c1-4-6-12(5-2)10(13)7-9(3)8-11(14)15/h1,9H,5-8H2,2-3H3,(H,14,15). The number of carboxylic acid groups (broad SMARTS) is 1. The first kappa shape index (κ1) is 13.5. The van der Waals surface area contributed by atoms with Gasteiger partial charge in [-0.3, -0.25) is 9.59 Å². The van der Waals surface area contributed by atoms with Crippen molar-refractivity contribution in [3.8, 4) is 12.3 Å². The summed E-state index contributed by atoms with van der Waals surface area (Å²) in [4.78, 5) is 23.5. The van der Waals surface area contributed by atoms with Crippen molar-refractivity contribution in [1.82, 2.24) is 4.90 Å². The van der Waals surface area contributed by atoms with E-state index in [1.807, 2.05) is 6.92 Å². The lowest BCUT2D eigenvalue weighted by molar-refractivity contribution is -0.138. The van der Waals surface area contributed by atoms with Gasteiger partial charge in [0.1, 0.15) is 0 Å². The molecular weight excluding hydrogens is 194 g/mol. The minimum atomic E-state index is -0.879. The summed E-state index contributed by atoms with van der Waals surface area (Å²) in [6, 6.07) is 0. The first-order valence-electron chi connectivity index (χ1n) is 4.94. The molecule has 0 spiro atoms. The molecule has 15 heavy (non-hydrogen) atoms. The molecule has 0 aliphatic rings. The fraction of sp³-hybridized carbons (Fsp3) is 0.636. The minimum Gasteiger partial charge on any atom is -0.481 e. The van der Waals surface area contributed by atoms with Crippen LogP contribution in [0.25, 0.3) is 0 Å². The second-order valence-corrected chi connectivity index (χ2v) is 3.52. The Morgan fingerprint density at radius 3 is 2.47 bits per heavy atom. The smallest absolute Gasteiger partial charge is 0.303 e. The lowest BCUT2D eigenvalue weighted by Gasteiger charge is -2.19. The Morgan fingerprint density at radius 1 is 1.47 bits per heavy atom. The number of hydrogen-bond acceptors (Lipinski definition) is 2. The van der Waals surface area contributed by atoms with Gasteiger partial charge in [0.05, 0.1) is 6.54 Å². The van der Waals surface area contributed by atoms with Crippen molar-refractivity contribution in [3.63, 3.8) is 0 Å². The predicted molar refractivity (Wildman–Crippen MR) is 57.1 cm³/mol. The van der Waals surface area contributed by atoms with Gasteiger partial charge >= 0.3 is 5.97 Å². The van der Waals surface area contributed by atoms with Crippen LogP contribution in [0, 0.1) is 18.3 Å². The lowest BCUT2D eigenvalue weighted by atomic mass is 10.0. The van der Waals surface area contributed by atoms with E-state index in [4.69, 9.17) is 11.5 Å². The molecule has 0 rings (SSSR count). The number of terminal acetylenes is 1. The summed E-state index contributed by atoms with van der Waals surface area (Å²) >= 11 is 0. The molecule has 0 fully saturated rings. The molecule has 1 N–H and O–H groups in total. The van der Waals surface area contributed by atoms with Gasteiger partial charge in [-0.1, -0.05) is 12.8 Å². The van der Waals surface area contributed by atoms with Gasteiger partial charge in [-0.25, -0.2) is 0 Å². The molecule has 0 aromatic rings. The van der Waals surface area contributed by atoms with Crippen molar-refractivity contribution in [3.05, 3.63) is 0 Å². The third-order valence-electron chi connectivity index (χ3n) is 2.06. The molecule has 4 nitrogen and oxygen atoms in total. The maximum Gasteiger partial charge on any atom is 0.303 e. The van der Waals surface area contributed by atoms with Crippen LogP contribution in [0.4, 0.5) is 0 Å². The summed E-state index contributed by atoms with van der Waals surface area (Å²) < 4.78 is 0. The average Bonchev–Trinajstić information content (AvgIpc) is 2.12. The number of rotatable bonds is 6. The highest BCUT2D eigenvalue weighted by atomic mass is 16.4. The van der Waals surface area contributed by atoms with Gasteiger partial charge in [-0.05, 0) is 12.8 Å². The van der Waals surface area contributed by atoms with Gasteiger partial charge in [0.2, 0.25) is 5.91 Å². The van der Waals surface area contributed by atoms with Crippen LogP contribution < -0.4 is 0 Å². The Balaban J connectivity index is 4.10. The van der Waals surface area contributed by atoms with Crippen molar-refractivity contribution in [2.75, 3.05) is 13.1 Å². The summed E-state index contributed by atoms with van der Waals surface area (Å²) in [7, 11) is 0. The molecule has 0 aromatic heterocycles. The highest BCUT2D eigenvalue weighted by Crippen LogP contribution is 2.09. The summed E-state index contributed by atoms with van der Waals surface area (Å²) in [5.74, 6) is 1.29. The predicted octanol–water partition coefficient (Wildman–Crippen LogP) is 0.969. The molecule has 0 saturated carbocycles. The molecule has 0 bridgehead atoms. The molecule has 1 unspecified atom stereocenters. The van der Waals surface area contributed by atoms with Gasteiger partial charge in [0.15, 0.2) is 0 Å². The molecule has 0 aliphatic carbocycles. The number of carbonyl (C=O) groups excluding carboxylic acids is 1. The van der Waals surface area contributed by atoms with E-state index in [1.54, 1.807) is 11.8 Å². The van der Waals surface area contributed by atoms with Crippen molar-refractivity contribution >= 4 is 11.9 Å². The van der Waals surface area contributed by atoms with Crippen LogP contribution in [0.3, 0.4) is 0 Å². The second kappa shape index (κ2) is 6.88. The maximum atomic E-state index is 11.6. The fourth-order valence-electron chi connectivity index (χ4n) is 1.28. The third kappa shape index (κ3) is 5.74. The van der Waals surface area contributed by atoms with Crippen LogP contribution in [-0.4, -0.2) is 35.0 Å². The lowest BCUT2D eigenvalue weighted by Crippen LogP contribution is -2.32. The molecule has 1 amide bonds. The first-order valence-corrected chi connectivity index (χ1v) is 4.94. The summed E-state index contributed by atoms with van der Waals surface area (Å²) in [6.07, 6.45) is 5.37. The van der Waals surface area contributed by atoms with Gasteiger partial charge in [-0.2, -0.15) is 0 Å². The molecule has 0 heterocycles. The van der Waals surface area contributed by atoms with Crippen LogP contribution >= 0.6 is 0 Å². The van der Waals surface area contributed by atoms with Gasteiger partial charge in [0, 0.05) is 19.4 Å². The number of carbonyl (C=O) groups is 2. The number of nitrogens with zero attached hydrogens (tertiary/aromatic N) is 1. The Morgan fingerprint density at radius 2 is 2.07 bits per heavy atom. The summed E-state index contributed by atoms with van der Waals surface area (Å²) in [5, 5.41) is 8.54. The zero-order chi connectivity index (χ0) is 11.8. The largest absolute Gasteiger partial charge is 0.481 e. The fourth-order valence-corrected chi connectivity index (χ4v) is 1.28. The molecule has 4 heteroatoms. The zero-order valence-electron chi connectivity index (χ0n) is 9.19. The van der Waals surface area contributed by atoms with E-state index in [9.17, 15) is 9.59 Å². The zero-order valence-corrected chi connectivity index (χ0v) is 9.19. The van der Waals surface area contributed by atoms with Crippen molar-refractivity contribution in [1.29, 1.82) is 0 Å². The van der Waals surface area contributed by atoms with Crippen LogP contribution in [0.15, 0.2) is 0 Å². The molecule has 0 saturated heterocycles. The van der Waals surface area contributed by atoms with Crippen LogP contribution in [0.5, 0.6) is 0 Å². The SMILES string of the molecule is C#CCN(CC)C(=O)CC(C)CC(=O)O. The van der Waals surface area contributed by atoms with Crippen LogP contribution in [0.1, 0.15) is 26.7 Å². The van der Waals surface area contributed by atoms with E-state index in [0.29, 0.717) is 6.54 Å². The maximum absolute atomic E-state index is 11.6. The minimum absolute atomic E-state index is 0.0132. The topological polar surface area (TPSA) is 57.6 Å². The van der Waals surface area contributed by atoms with Crippen LogP contribution in [0.2, 0.25) is 0 Å². The monoisotopic (exact) mass is 211 g/mol. The van der Waals surface area contributed by atoms with E-state index in [0.717, 1.165) is 0 Å². The van der Waals surface area contributed by atoms with E-state index >= 15 is 0 Å². The highest BCUT2D eigenvalue weighted by molar-refractivity contribution is 5.77. The summed E-state index contributed by atoms with van der Waals surface area (Å²) in [5.41, 5.74) is 0. The number of hydrogen-bond donors (Lipinski definition) is 1. The molecule has 1 atom stereocenters. The van der Waals surface area contributed by atoms with E-state index in [2.05, 4.69) is 5.92 Å². The second-order valence-electron chi connectivity index (χ2n) is 3.52. The van der Waals surface area contributed by atoms with Gasteiger partial charge in [-0.15, -0.1) is 6.42 Å². The normalized spacial score (nSPS) is 11.5. The van der Waals surface area contributed by atoms with E-state index in [1.165, 1.54) is 0 Å². The highest BCUT2D eigenvalue weighted by Gasteiger charge is 2.16. The number of carboxylic acids is 1. The van der Waals surface area contributed by atoms with Crippen molar-refractivity contribution in [2.24, 2.45) is 5.92 Å². The quantitative estimate of drug-likeness (QED) is 0.666.